The molecule has 4 aromatic carbocycles. The van der Waals surface area contributed by atoms with Crippen LogP contribution in [0.4, 0.5) is 21.0 Å². The Morgan fingerprint density at radius 2 is 1.15 bits per heavy atom. The van der Waals surface area contributed by atoms with Crippen molar-refractivity contribution in [1.82, 2.24) is 19.6 Å². The Morgan fingerprint density at radius 3 is 1.69 bits per heavy atom. The van der Waals surface area contributed by atoms with Gasteiger partial charge in [0.05, 0.1) is 6.42 Å². The first-order valence-corrected chi connectivity index (χ1v) is 17.7. The van der Waals surface area contributed by atoms with Crippen LogP contribution in [0.5, 0.6) is 0 Å². The number of amides is 6. The fraction of sp³-hybridized carbons (Fsp3) is 0.333. The molecular weight excluding hydrogens is 653 g/mol. The summed E-state index contributed by atoms with van der Waals surface area (Å²) >= 11 is 0. The first kappa shape index (κ1) is 37.6. The van der Waals surface area contributed by atoms with Gasteiger partial charge >= 0.3 is 12.1 Å². The molecule has 0 saturated carbocycles. The number of nitrogens with one attached hydrogen (secondary N) is 2. The van der Waals surface area contributed by atoms with Crippen LogP contribution in [0.15, 0.2) is 78.9 Å². The summed E-state index contributed by atoms with van der Waals surface area (Å²) in [5, 5.41) is 5.96. The largest absolute Gasteiger partial charge is 0.349 e. The Morgan fingerprint density at radius 1 is 0.615 bits per heavy atom. The number of hydrogen-bond donors (Lipinski definition) is 2. The van der Waals surface area contributed by atoms with E-state index in [1.807, 2.05) is 47.1 Å². The third kappa shape index (κ3) is 9.37. The third-order valence-electron chi connectivity index (χ3n) is 9.55. The summed E-state index contributed by atoms with van der Waals surface area (Å²) in [7, 11) is 6.90. The second kappa shape index (κ2) is 16.6. The molecule has 6 amide bonds. The Kier molecular flexibility index (Phi) is 12.0. The summed E-state index contributed by atoms with van der Waals surface area (Å²) in [6.45, 7) is 8.67. The standard InChI is InChI=1S/2C21H25N3O2/c1-14-5-7-16-9-10-24(13-18(16)11-14)21(26)22-19-12-17(8-6-15(19)2)20(25)23(3)4;1-15-8-9-16-10-11-24(14-18(16)12-15)21(26)22-19-7-5-4-6-17(19)13-20(25)23(2)3/h5-8,11-12H,9-10,13H2,1-4H3,(H,22,26);4-9,12H,10-11,13-14H2,1-3H3,(H,22,26). The van der Waals surface area contributed by atoms with E-state index in [0.717, 1.165) is 24.0 Å². The van der Waals surface area contributed by atoms with Crippen LogP contribution in [0, 0.1) is 20.8 Å². The van der Waals surface area contributed by atoms with E-state index in [4.69, 9.17) is 0 Å². The Balaban J connectivity index is 0.000000201. The number of likely N-dealkylation sites (N-methyl/N-ethyl adjacent to an activating group) is 1. The lowest BCUT2D eigenvalue weighted by Crippen LogP contribution is -2.39. The van der Waals surface area contributed by atoms with E-state index in [-0.39, 0.29) is 30.3 Å². The van der Waals surface area contributed by atoms with Gasteiger partial charge in [-0.05, 0) is 85.2 Å². The lowest BCUT2D eigenvalue weighted by Gasteiger charge is -2.29. The van der Waals surface area contributed by atoms with Crippen molar-refractivity contribution in [3.8, 4) is 0 Å². The van der Waals surface area contributed by atoms with Crippen LogP contribution in [0.3, 0.4) is 0 Å². The zero-order chi connectivity index (χ0) is 37.5. The molecule has 0 spiro atoms. The molecule has 0 atom stereocenters. The zero-order valence-corrected chi connectivity index (χ0v) is 31.4. The number of para-hydroxylation sites is 1. The number of anilines is 2. The maximum absolute atomic E-state index is 12.8. The quantitative estimate of drug-likeness (QED) is 0.239. The highest BCUT2D eigenvalue weighted by molar-refractivity contribution is 5.97. The van der Waals surface area contributed by atoms with E-state index in [0.29, 0.717) is 43.1 Å². The molecule has 6 rings (SSSR count). The number of aryl methyl sites for hydroxylation is 3. The Bertz CT molecular complexity index is 1970. The highest BCUT2D eigenvalue weighted by Crippen LogP contribution is 2.24. The van der Waals surface area contributed by atoms with Gasteiger partial charge in [-0.1, -0.05) is 71.8 Å². The second-order valence-corrected chi connectivity index (χ2v) is 14.1. The maximum Gasteiger partial charge on any atom is 0.322 e. The molecule has 52 heavy (non-hydrogen) atoms. The highest BCUT2D eigenvalue weighted by atomic mass is 16.2. The molecule has 0 radical (unpaired) electrons. The smallest absolute Gasteiger partial charge is 0.322 e. The van der Waals surface area contributed by atoms with Crippen LogP contribution in [-0.4, -0.2) is 84.8 Å². The van der Waals surface area contributed by atoms with Crippen LogP contribution < -0.4 is 10.6 Å². The highest BCUT2D eigenvalue weighted by Gasteiger charge is 2.23. The van der Waals surface area contributed by atoms with E-state index < -0.39 is 0 Å². The molecule has 0 aliphatic carbocycles. The summed E-state index contributed by atoms with van der Waals surface area (Å²) in [6, 6.07) is 25.5. The predicted octanol–water partition coefficient (Wildman–Crippen LogP) is 6.81. The Hall–Kier alpha value is -5.64. The normalized spacial score (nSPS) is 13.1. The molecular formula is C42H50N6O4. The van der Waals surface area contributed by atoms with Crippen molar-refractivity contribution < 1.29 is 19.2 Å². The molecule has 272 valence electrons. The van der Waals surface area contributed by atoms with Crippen LogP contribution in [0.1, 0.15) is 54.9 Å². The molecule has 0 bridgehead atoms. The molecule has 0 saturated heterocycles. The molecule has 2 aliphatic rings. The van der Waals surface area contributed by atoms with Crippen molar-refractivity contribution >= 4 is 35.3 Å². The number of carbonyl (C=O) groups is 4. The molecule has 0 unspecified atom stereocenters. The van der Waals surface area contributed by atoms with Gasteiger partial charge in [0.2, 0.25) is 5.91 Å². The molecule has 4 aromatic rings. The van der Waals surface area contributed by atoms with Gasteiger partial charge in [-0.15, -0.1) is 0 Å². The Labute approximate surface area is 307 Å². The summed E-state index contributed by atoms with van der Waals surface area (Å²) in [6.07, 6.45) is 2.00. The lowest BCUT2D eigenvalue weighted by molar-refractivity contribution is -0.127. The number of benzene rings is 4. The molecule has 0 fully saturated rings. The number of urea groups is 2. The minimum Gasteiger partial charge on any atom is -0.349 e. The average molecular weight is 703 g/mol. The van der Waals surface area contributed by atoms with Gasteiger partial charge < -0.3 is 30.2 Å². The molecule has 2 heterocycles. The van der Waals surface area contributed by atoms with Gasteiger partial charge in [0.15, 0.2) is 0 Å². The van der Waals surface area contributed by atoms with Crippen LogP contribution >= 0.6 is 0 Å². The fourth-order valence-electron chi connectivity index (χ4n) is 6.37. The molecule has 0 aromatic heterocycles. The van der Waals surface area contributed by atoms with Gasteiger partial charge in [-0.25, -0.2) is 9.59 Å². The van der Waals surface area contributed by atoms with Crippen molar-refractivity contribution in [3.05, 3.63) is 129 Å². The summed E-state index contributed by atoms with van der Waals surface area (Å²) in [5.41, 5.74) is 11.2. The average Bonchev–Trinajstić information content (AvgIpc) is 3.12. The number of hydrogen-bond acceptors (Lipinski definition) is 4. The van der Waals surface area contributed by atoms with E-state index in [2.05, 4.69) is 60.9 Å². The molecule has 2 N–H and O–H groups in total. The number of fused-ring (bicyclic) bond motifs is 2. The summed E-state index contributed by atoms with van der Waals surface area (Å²) in [5.74, 6) is -0.0723. The van der Waals surface area contributed by atoms with E-state index >= 15 is 0 Å². The topological polar surface area (TPSA) is 105 Å². The first-order chi connectivity index (χ1) is 24.8. The van der Waals surface area contributed by atoms with E-state index in [1.54, 1.807) is 45.2 Å². The van der Waals surface area contributed by atoms with Crippen molar-refractivity contribution in [2.45, 2.75) is 53.1 Å². The third-order valence-corrected chi connectivity index (χ3v) is 9.55. The fourth-order valence-corrected chi connectivity index (χ4v) is 6.37. The van der Waals surface area contributed by atoms with Gasteiger partial charge in [0.25, 0.3) is 5.91 Å². The molecule has 10 heteroatoms. The van der Waals surface area contributed by atoms with Crippen molar-refractivity contribution in [2.75, 3.05) is 51.9 Å². The van der Waals surface area contributed by atoms with Crippen LogP contribution in [-0.2, 0) is 37.1 Å². The van der Waals surface area contributed by atoms with Gasteiger partial charge in [0, 0.05) is 71.3 Å². The van der Waals surface area contributed by atoms with Gasteiger partial charge in [-0.2, -0.15) is 0 Å². The number of rotatable bonds is 5. The zero-order valence-electron chi connectivity index (χ0n) is 31.4. The van der Waals surface area contributed by atoms with Crippen molar-refractivity contribution in [3.63, 3.8) is 0 Å². The predicted molar refractivity (Wildman–Crippen MR) is 207 cm³/mol. The van der Waals surface area contributed by atoms with Crippen LogP contribution in [0.25, 0.3) is 0 Å². The van der Waals surface area contributed by atoms with Gasteiger partial charge in [0.1, 0.15) is 0 Å². The molecule has 10 nitrogen and oxygen atoms in total. The number of nitrogens with zero attached hydrogens (tertiary/aromatic N) is 4. The first-order valence-electron chi connectivity index (χ1n) is 17.7. The minimum absolute atomic E-state index is 0.00840. The summed E-state index contributed by atoms with van der Waals surface area (Å²) in [4.78, 5) is 56.4. The van der Waals surface area contributed by atoms with Crippen LogP contribution in [0.2, 0.25) is 0 Å². The monoisotopic (exact) mass is 702 g/mol. The van der Waals surface area contributed by atoms with Crippen molar-refractivity contribution in [1.29, 1.82) is 0 Å². The minimum atomic E-state index is -0.130. The maximum atomic E-state index is 12.8. The van der Waals surface area contributed by atoms with E-state index in [1.165, 1.54) is 38.3 Å². The van der Waals surface area contributed by atoms with Crippen molar-refractivity contribution in [2.24, 2.45) is 0 Å². The number of carbonyl (C=O) groups excluding carboxylic acids is 4. The SMILES string of the molecule is Cc1ccc2c(c1)CN(C(=O)Nc1cc(C(=O)N(C)C)ccc1C)CC2.Cc1ccc2c(c1)CN(C(=O)Nc1ccccc1CC(=O)N(C)C)CC2. The second-order valence-electron chi connectivity index (χ2n) is 14.1. The molecule has 2 aliphatic heterocycles. The van der Waals surface area contributed by atoms with E-state index in [9.17, 15) is 19.2 Å². The lowest BCUT2D eigenvalue weighted by atomic mass is 9.98. The summed E-state index contributed by atoms with van der Waals surface area (Å²) < 4.78 is 0. The van der Waals surface area contributed by atoms with Gasteiger partial charge in [-0.3, -0.25) is 9.59 Å².